The smallest absolute Gasteiger partial charge is 0.241 e. The van der Waals surface area contributed by atoms with Gasteiger partial charge in [0.05, 0.1) is 13.1 Å². The van der Waals surface area contributed by atoms with Crippen LogP contribution in [0.3, 0.4) is 0 Å². The molecule has 0 atom stereocenters. The third-order valence-electron chi connectivity index (χ3n) is 4.12. The molecule has 4 heterocycles. The monoisotopic (exact) mass is 325 g/mol. The zero-order valence-electron chi connectivity index (χ0n) is 13.8. The van der Waals surface area contributed by atoms with Crippen molar-refractivity contribution >= 4 is 0 Å². The van der Waals surface area contributed by atoms with Gasteiger partial charge in [-0.05, 0) is 12.1 Å². The van der Waals surface area contributed by atoms with Gasteiger partial charge in [0, 0.05) is 37.0 Å². The molecule has 0 aromatic carbocycles. The van der Waals surface area contributed by atoms with Crippen molar-refractivity contribution in [3.63, 3.8) is 0 Å². The highest BCUT2D eigenvalue weighted by atomic mass is 16.5. The average Bonchev–Trinajstić information content (AvgIpc) is 3.22. The Morgan fingerprint density at radius 2 is 2.17 bits per heavy atom. The first-order chi connectivity index (χ1) is 11.7. The summed E-state index contributed by atoms with van der Waals surface area (Å²) in [6, 6.07) is 3.77. The van der Waals surface area contributed by atoms with Crippen molar-refractivity contribution in [2.24, 2.45) is 0 Å². The first-order valence-electron chi connectivity index (χ1n) is 8.08. The lowest BCUT2D eigenvalue weighted by Gasteiger charge is -2.26. The first-order valence-corrected chi connectivity index (χ1v) is 8.08. The molecule has 8 heteroatoms. The Kier molecular flexibility index (Phi) is 3.81. The highest BCUT2D eigenvalue weighted by molar-refractivity contribution is 5.51. The molecule has 0 saturated heterocycles. The largest absolute Gasteiger partial charge is 0.338 e. The normalized spacial score (nSPS) is 15.0. The van der Waals surface area contributed by atoms with E-state index >= 15 is 0 Å². The van der Waals surface area contributed by atoms with Gasteiger partial charge in [0.1, 0.15) is 11.6 Å². The van der Waals surface area contributed by atoms with Gasteiger partial charge in [-0.1, -0.05) is 19.0 Å². The van der Waals surface area contributed by atoms with E-state index in [1.807, 2.05) is 12.1 Å². The third-order valence-corrected chi connectivity index (χ3v) is 4.12. The van der Waals surface area contributed by atoms with Gasteiger partial charge in [0.15, 0.2) is 0 Å². The molecule has 24 heavy (non-hydrogen) atoms. The van der Waals surface area contributed by atoms with Crippen molar-refractivity contribution in [3.05, 3.63) is 42.1 Å². The van der Waals surface area contributed by atoms with Crippen molar-refractivity contribution in [1.29, 1.82) is 0 Å². The molecule has 0 spiro atoms. The lowest BCUT2D eigenvalue weighted by Crippen LogP contribution is -2.34. The average molecular weight is 325 g/mol. The molecule has 3 aromatic rings. The Hall–Kier alpha value is -2.61. The summed E-state index contributed by atoms with van der Waals surface area (Å²) in [6.45, 7) is 7.43. The number of rotatable bonds is 4. The minimum absolute atomic E-state index is 0.385. The van der Waals surface area contributed by atoms with E-state index in [1.54, 1.807) is 12.4 Å². The maximum absolute atomic E-state index is 5.38. The van der Waals surface area contributed by atoms with Crippen LogP contribution >= 0.6 is 0 Å². The minimum atomic E-state index is 0.385. The summed E-state index contributed by atoms with van der Waals surface area (Å²) in [5.74, 6) is 3.61. The van der Waals surface area contributed by atoms with Crippen LogP contribution in [0.25, 0.3) is 11.4 Å². The fourth-order valence-electron chi connectivity index (χ4n) is 2.91. The van der Waals surface area contributed by atoms with E-state index < -0.39 is 0 Å². The van der Waals surface area contributed by atoms with Gasteiger partial charge in [-0.2, -0.15) is 4.98 Å². The second-order valence-corrected chi connectivity index (χ2v) is 6.24. The van der Waals surface area contributed by atoms with E-state index in [0.717, 1.165) is 36.8 Å². The van der Waals surface area contributed by atoms with Crippen LogP contribution in [-0.2, 0) is 19.6 Å². The van der Waals surface area contributed by atoms with Crippen LogP contribution in [0.5, 0.6) is 0 Å². The zero-order chi connectivity index (χ0) is 16.5. The van der Waals surface area contributed by atoms with Crippen molar-refractivity contribution in [1.82, 2.24) is 34.8 Å². The molecule has 0 N–H and O–H groups in total. The number of aromatic nitrogens is 6. The number of pyridine rings is 1. The minimum Gasteiger partial charge on any atom is -0.338 e. The van der Waals surface area contributed by atoms with Crippen LogP contribution in [-0.4, -0.2) is 41.3 Å². The van der Waals surface area contributed by atoms with Crippen molar-refractivity contribution < 1.29 is 4.52 Å². The fourth-order valence-corrected chi connectivity index (χ4v) is 2.91. The van der Waals surface area contributed by atoms with E-state index in [4.69, 9.17) is 4.52 Å². The summed E-state index contributed by atoms with van der Waals surface area (Å²) in [7, 11) is 0. The molecular formula is C16H19N7O. The molecule has 4 rings (SSSR count). The topological polar surface area (TPSA) is 85.8 Å². The van der Waals surface area contributed by atoms with Crippen molar-refractivity contribution in [3.8, 4) is 11.4 Å². The van der Waals surface area contributed by atoms with Crippen LogP contribution in [0.15, 0.2) is 29.0 Å². The molecule has 3 aromatic heterocycles. The van der Waals surface area contributed by atoms with Gasteiger partial charge in [-0.15, -0.1) is 10.2 Å². The van der Waals surface area contributed by atoms with Gasteiger partial charge in [-0.25, -0.2) is 0 Å². The molecule has 0 radical (unpaired) electrons. The molecule has 1 aliphatic rings. The Balaban J connectivity index is 1.46. The predicted molar refractivity (Wildman–Crippen MR) is 85.8 cm³/mol. The van der Waals surface area contributed by atoms with E-state index in [2.05, 4.69) is 48.6 Å². The van der Waals surface area contributed by atoms with Crippen LogP contribution in [0, 0.1) is 0 Å². The van der Waals surface area contributed by atoms with E-state index in [0.29, 0.717) is 24.2 Å². The number of hydrogen-bond donors (Lipinski definition) is 0. The highest BCUT2D eigenvalue weighted by Gasteiger charge is 2.23. The molecule has 124 valence electrons. The number of fused-ring (bicyclic) bond motifs is 1. The summed E-state index contributed by atoms with van der Waals surface area (Å²) in [4.78, 5) is 10.8. The first kappa shape index (κ1) is 14.9. The van der Waals surface area contributed by atoms with Crippen molar-refractivity contribution in [2.75, 3.05) is 6.54 Å². The van der Waals surface area contributed by atoms with Crippen LogP contribution in [0.1, 0.15) is 37.3 Å². The summed E-state index contributed by atoms with van der Waals surface area (Å²) in [5.41, 5.74) is 0.854. The maximum Gasteiger partial charge on any atom is 0.241 e. The number of nitrogens with zero attached hydrogens (tertiary/aromatic N) is 7. The number of hydrogen-bond acceptors (Lipinski definition) is 7. The van der Waals surface area contributed by atoms with E-state index in [-0.39, 0.29) is 0 Å². The van der Waals surface area contributed by atoms with Gasteiger partial charge in [0.2, 0.25) is 11.7 Å². The van der Waals surface area contributed by atoms with Gasteiger partial charge in [-0.3, -0.25) is 9.88 Å². The maximum atomic E-state index is 5.38. The van der Waals surface area contributed by atoms with E-state index in [9.17, 15) is 0 Å². The lowest BCUT2D eigenvalue weighted by molar-refractivity contribution is 0.181. The SMILES string of the molecule is CC(C)c1nnc2n1CCN(Cc1nc(-c3cccnc3)no1)C2. The fraction of sp³-hybridized carbons (Fsp3) is 0.438. The highest BCUT2D eigenvalue weighted by Crippen LogP contribution is 2.20. The Bertz CT molecular complexity index is 824. The second-order valence-electron chi connectivity index (χ2n) is 6.24. The molecule has 0 amide bonds. The van der Waals surface area contributed by atoms with Gasteiger partial charge >= 0.3 is 0 Å². The molecule has 0 fully saturated rings. The summed E-state index contributed by atoms with van der Waals surface area (Å²) in [5, 5.41) is 12.7. The van der Waals surface area contributed by atoms with Crippen LogP contribution < -0.4 is 0 Å². The third kappa shape index (κ3) is 2.80. The second kappa shape index (κ2) is 6.12. The standard InChI is InChI=1S/C16H19N7O/c1-11(2)16-20-19-13-9-22(6-7-23(13)16)10-14-18-15(21-24-14)12-4-3-5-17-8-12/h3-5,8,11H,6-7,9-10H2,1-2H3. The Labute approximate surface area is 139 Å². The summed E-state index contributed by atoms with van der Waals surface area (Å²) < 4.78 is 7.60. The molecule has 1 aliphatic heterocycles. The zero-order valence-corrected chi connectivity index (χ0v) is 13.8. The lowest BCUT2D eigenvalue weighted by atomic mass is 10.2. The molecule has 0 saturated carbocycles. The molecule has 0 aliphatic carbocycles. The molecule has 8 nitrogen and oxygen atoms in total. The predicted octanol–water partition coefficient (Wildman–Crippen LogP) is 1.86. The molecule has 0 unspecified atom stereocenters. The van der Waals surface area contributed by atoms with Crippen molar-refractivity contribution in [2.45, 2.75) is 39.4 Å². The Morgan fingerprint density at radius 1 is 1.25 bits per heavy atom. The quantitative estimate of drug-likeness (QED) is 0.723. The van der Waals surface area contributed by atoms with Gasteiger partial charge < -0.3 is 9.09 Å². The molecule has 0 bridgehead atoms. The Morgan fingerprint density at radius 3 is 2.96 bits per heavy atom. The van der Waals surface area contributed by atoms with Crippen LogP contribution in [0.2, 0.25) is 0 Å². The van der Waals surface area contributed by atoms with Gasteiger partial charge in [0.25, 0.3) is 0 Å². The summed E-state index contributed by atoms with van der Waals surface area (Å²) in [6.07, 6.45) is 3.45. The van der Waals surface area contributed by atoms with Crippen LogP contribution in [0.4, 0.5) is 0 Å². The van der Waals surface area contributed by atoms with E-state index in [1.165, 1.54) is 0 Å². The molecular weight excluding hydrogens is 306 g/mol. The summed E-state index contributed by atoms with van der Waals surface area (Å²) >= 11 is 0.